The zero-order chi connectivity index (χ0) is 28.7. The third kappa shape index (κ3) is 6.35. The zero-order valence-corrected chi connectivity index (χ0v) is 21.4. The zero-order valence-electron chi connectivity index (χ0n) is 19.1. The first-order valence-electron chi connectivity index (χ1n) is 10.0. The van der Waals surface area contributed by atoms with E-state index in [2.05, 4.69) is 5.32 Å². The molecule has 2 amide bonds. The Hall–Kier alpha value is -2.44. The van der Waals surface area contributed by atoms with Gasteiger partial charge in [0, 0.05) is 21.7 Å². The van der Waals surface area contributed by atoms with Gasteiger partial charge in [0.25, 0.3) is 5.91 Å². The largest absolute Gasteiger partial charge is 0.465 e. The van der Waals surface area contributed by atoms with Crippen LogP contribution >= 0.6 is 34.8 Å². The average Bonchev–Trinajstić information content (AvgIpc) is 2.71. The molecule has 2 rings (SSSR count). The second kappa shape index (κ2) is 10.4. The molecule has 5 nitrogen and oxygen atoms in total. The summed E-state index contributed by atoms with van der Waals surface area (Å²) >= 11 is 17.7. The Morgan fingerprint density at radius 3 is 1.73 bits per heavy atom. The molecule has 0 atom stereocenters. The minimum Gasteiger partial charge on any atom is -0.465 e. The Labute approximate surface area is 221 Å². The number of carboxylic acid groups (broad SMARTS) is 1. The van der Waals surface area contributed by atoms with Gasteiger partial charge in [0.1, 0.15) is 0 Å². The van der Waals surface area contributed by atoms with Gasteiger partial charge in [-0.1, -0.05) is 40.9 Å². The second-order valence-electron chi connectivity index (χ2n) is 8.77. The van der Waals surface area contributed by atoms with Gasteiger partial charge in [0.2, 0.25) is 0 Å². The smallest absolute Gasteiger partial charge is 0.435 e. The number of hydrogen-bond acceptors (Lipinski definition) is 2. The molecule has 2 aromatic carbocycles. The van der Waals surface area contributed by atoms with E-state index in [0.717, 1.165) is 11.0 Å². The van der Waals surface area contributed by atoms with E-state index in [0.29, 0.717) is 5.56 Å². The lowest BCUT2D eigenvalue weighted by Gasteiger charge is -2.33. The van der Waals surface area contributed by atoms with Crippen LogP contribution in [0.3, 0.4) is 0 Å². The molecule has 0 aliphatic heterocycles. The van der Waals surface area contributed by atoms with Crippen molar-refractivity contribution < 1.29 is 45.4 Å². The molecule has 37 heavy (non-hydrogen) atoms. The summed E-state index contributed by atoms with van der Waals surface area (Å²) < 4.78 is 92.6. The van der Waals surface area contributed by atoms with Crippen LogP contribution < -0.4 is 5.32 Å². The number of carbonyl (C=O) groups is 2. The van der Waals surface area contributed by atoms with E-state index in [1.807, 2.05) is 0 Å². The van der Waals surface area contributed by atoms with Gasteiger partial charge in [-0.15, -0.1) is 0 Å². The lowest BCUT2D eigenvalue weighted by molar-refractivity contribution is -0.348. The van der Waals surface area contributed by atoms with Crippen LogP contribution in [0.2, 0.25) is 15.1 Å². The number of anilines is 1. The molecule has 0 bridgehead atoms. The van der Waals surface area contributed by atoms with Gasteiger partial charge in [0.05, 0.1) is 22.3 Å². The molecule has 15 heteroatoms. The molecule has 0 heterocycles. The first-order chi connectivity index (χ1) is 16.6. The molecule has 0 aliphatic carbocycles. The van der Waals surface area contributed by atoms with Crippen molar-refractivity contribution in [1.29, 1.82) is 0 Å². The van der Waals surface area contributed by atoms with Gasteiger partial charge in [-0.25, -0.2) is 9.18 Å². The van der Waals surface area contributed by atoms with Crippen LogP contribution in [-0.4, -0.2) is 39.9 Å². The quantitative estimate of drug-likeness (QED) is 0.340. The summed E-state index contributed by atoms with van der Waals surface area (Å²) in [5.74, 6) is -0.964. The Morgan fingerprint density at radius 2 is 1.35 bits per heavy atom. The highest BCUT2D eigenvalue weighted by atomic mass is 35.5. The summed E-state index contributed by atoms with van der Waals surface area (Å²) in [6.45, 7) is 4.85. The van der Waals surface area contributed by atoms with E-state index in [1.165, 1.54) is 12.1 Å². The normalized spacial score (nSPS) is 12.9. The fourth-order valence-electron chi connectivity index (χ4n) is 3.14. The number of hydrogen-bond donors (Lipinski definition) is 2. The minimum absolute atomic E-state index is 0.00624. The van der Waals surface area contributed by atoms with Crippen molar-refractivity contribution in [2.75, 3.05) is 5.32 Å². The predicted molar refractivity (Wildman–Crippen MR) is 124 cm³/mol. The van der Waals surface area contributed by atoms with Crippen LogP contribution in [0.15, 0.2) is 30.3 Å². The maximum Gasteiger partial charge on any atom is 0.435 e. The Bertz CT molecular complexity index is 1170. The highest BCUT2D eigenvalue weighted by Gasteiger charge is 2.73. The topological polar surface area (TPSA) is 69.6 Å². The van der Waals surface area contributed by atoms with E-state index in [-0.39, 0.29) is 29.3 Å². The number of amides is 2. The van der Waals surface area contributed by atoms with Crippen molar-refractivity contribution in [1.82, 2.24) is 4.90 Å². The van der Waals surface area contributed by atoms with Gasteiger partial charge in [-0.3, -0.25) is 9.69 Å². The summed E-state index contributed by atoms with van der Waals surface area (Å²) in [4.78, 5) is 25.3. The molecule has 0 radical (unpaired) electrons. The SMILES string of the molecule is CC(C)(C)N(Cc1ccc(C(=O)Nc2c(Cl)cc(C(F)(C(F)(F)F)C(F)(F)F)cc2Cl)cc1Cl)C(=O)O. The number of nitrogens with one attached hydrogen (secondary N) is 1. The summed E-state index contributed by atoms with van der Waals surface area (Å²) in [6, 6.07) is 3.88. The van der Waals surface area contributed by atoms with Crippen LogP contribution in [0, 0.1) is 0 Å². The highest BCUT2D eigenvalue weighted by molar-refractivity contribution is 6.40. The lowest BCUT2D eigenvalue weighted by atomic mass is 9.94. The van der Waals surface area contributed by atoms with Crippen LogP contribution in [0.5, 0.6) is 0 Å². The molecule has 0 saturated carbocycles. The van der Waals surface area contributed by atoms with Gasteiger partial charge < -0.3 is 10.4 Å². The van der Waals surface area contributed by atoms with Crippen molar-refractivity contribution in [2.45, 2.75) is 50.9 Å². The number of halogens is 10. The molecular formula is C22H18Cl3F7N2O3. The first-order valence-corrected chi connectivity index (χ1v) is 11.2. The molecule has 2 N–H and O–H groups in total. The van der Waals surface area contributed by atoms with E-state index in [4.69, 9.17) is 34.8 Å². The maximum atomic E-state index is 14.3. The van der Waals surface area contributed by atoms with Crippen molar-refractivity contribution in [3.8, 4) is 0 Å². The fraction of sp³-hybridized carbons (Fsp3) is 0.364. The van der Waals surface area contributed by atoms with Crippen molar-refractivity contribution in [3.05, 3.63) is 62.1 Å². The van der Waals surface area contributed by atoms with E-state index >= 15 is 0 Å². The standard InChI is InChI=1S/C22H18Cl3F7N2O3/c1-19(2,3)34(18(36)37)9-11-5-4-10(6-13(11)23)17(35)33-16-14(24)7-12(8-15(16)25)20(26,21(27,28)29)22(30,31)32/h4-8H,9H2,1-3H3,(H,33,35)(H,36,37). The molecule has 0 spiro atoms. The van der Waals surface area contributed by atoms with E-state index in [9.17, 15) is 45.4 Å². The van der Waals surface area contributed by atoms with Crippen LogP contribution in [0.1, 0.15) is 42.3 Å². The molecule has 204 valence electrons. The Morgan fingerprint density at radius 1 is 0.865 bits per heavy atom. The second-order valence-corrected chi connectivity index (χ2v) is 9.99. The predicted octanol–water partition coefficient (Wildman–Crippen LogP) is 8.47. The molecule has 0 aromatic heterocycles. The third-order valence-electron chi connectivity index (χ3n) is 5.14. The van der Waals surface area contributed by atoms with Gasteiger partial charge in [-0.05, 0) is 50.6 Å². The van der Waals surface area contributed by atoms with Crippen LogP contribution in [0.25, 0.3) is 0 Å². The van der Waals surface area contributed by atoms with Crippen LogP contribution in [0.4, 0.5) is 41.2 Å². The fourth-order valence-corrected chi connectivity index (χ4v) is 3.97. The molecular weight excluding hydrogens is 580 g/mol. The molecule has 0 aliphatic rings. The van der Waals surface area contributed by atoms with Crippen LogP contribution in [-0.2, 0) is 12.2 Å². The number of carbonyl (C=O) groups excluding carboxylic acids is 1. The summed E-state index contributed by atoms with van der Waals surface area (Å²) in [5, 5.41) is 9.76. The molecule has 2 aromatic rings. The lowest BCUT2D eigenvalue weighted by Crippen LogP contribution is -2.50. The summed E-state index contributed by atoms with van der Waals surface area (Å²) in [7, 11) is 0. The molecule has 0 saturated heterocycles. The first kappa shape index (κ1) is 30.8. The summed E-state index contributed by atoms with van der Waals surface area (Å²) in [6.07, 6.45) is -14.0. The number of rotatable bonds is 5. The Kier molecular flexibility index (Phi) is 8.63. The molecule has 0 unspecified atom stereocenters. The monoisotopic (exact) mass is 596 g/mol. The summed E-state index contributed by atoms with van der Waals surface area (Å²) in [5.41, 5.74) is -8.83. The van der Waals surface area contributed by atoms with Gasteiger partial charge >= 0.3 is 24.1 Å². The van der Waals surface area contributed by atoms with Gasteiger partial charge in [-0.2, -0.15) is 26.3 Å². The number of nitrogens with zero attached hydrogens (tertiary/aromatic N) is 1. The van der Waals surface area contributed by atoms with Gasteiger partial charge in [0.15, 0.2) is 0 Å². The number of benzene rings is 2. The van der Waals surface area contributed by atoms with Crippen molar-refractivity contribution in [3.63, 3.8) is 0 Å². The number of alkyl halides is 7. The van der Waals surface area contributed by atoms with E-state index < -0.39 is 56.9 Å². The highest BCUT2D eigenvalue weighted by Crippen LogP contribution is 2.54. The van der Waals surface area contributed by atoms with E-state index in [1.54, 1.807) is 20.8 Å². The Balaban J connectivity index is 2.38. The van der Waals surface area contributed by atoms with Crippen molar-refractivity contribution >= 4 is 52.5 Å². The minimum atomic E-state index is -6.38. The average molecular weight is 598 g/mol. The van der Waals surface area contributed by atoms with Crippen molar-refractivity contribution in [2.24, 2.45) is 0 Å². The molecule has 0 fully saturated rings. The maximum absolute atomic E-state index is 14.3. The third-order valence-corrected chi connectivity index (χ3v) is 6.09.